The lowest BCUT2D eigenvalue weighted by Crippen LogP contribution is -2.17. The van der Waals surface area contributed by atoms with Gasteiger partial charge in [-0.05, 0) is 30.5 Å². The fourth-order valence-electron chi connectivity index (χ4n) is 2.38. The van der Waals surface area contributed by atoms with Crippen LogP contribution in [-0.2, 0) is 0 Å². The highest BCUT2D eigenvalue weighted by atomic mass is 79.9. The fourth-order valence-corrected chi connectivity index (χ4v) is 4.07. The molecule has 1 unspecified atom stereocenters. The first kappa shape index (κ1) is 14.9. The van der Waals surface area contributed by atoms with E-state index in [0.717, 1.165) is 27.8 Å². The number of anilines is 1. The van der Waals surface area contributed by atoms with Crippen LogP contribution >= 0.6 is 27.7 Å². The van der Waals surface area contributed by atoms with Crippen molar-refractivity contribution in [3.8, 4) is 0 Å². The molecule has 0 aromatic heterocycles. The van der Waals surface area contributed by atoms with E-state index in [9.17, 15) is 0 Å². The number of aliphatic imine (C=N–C) groups is 1. The molecule has 1 atom stereocenters. The lowest BCUT2D eigenvalue weighted by molar-refractivity contribution is 0.479. The van der Waals surface area contributed by atoms with Crippen LogP contribution in [-0.4, -0.2) is 17.0 Å². The molecule has 0 aliphatic carbocycles. The average Bonchev–Trinajstić information content (AvgIpc) is 2.85. The van der Waals surface area contributed by atoms with Gasteiger partial charge in [0.05, 0.1) is 6.54 Å². The SMILES string of the molecule is CCC(CC)C1CN=C(Nc2cccc(Br)c2C)S1. The Kier molecular flexibility index (Phi) is 5.34. The second-order valence-corrected chi connectivity index (χ2v) is 7.00. The minimum atomic E-state index is 0.643. The fraction of sp³-hybridized carbons (Fsp3) is 0.533. The van der Waals surface area contributed by atoms with Crippen LogP contribution in [0.1, 0.15) is 32.3 Å². The van der Waals surface area contributed by atoms with E-state index >= 15 is 0 Å². The zero-order valence-corrected chi connectivity index (χ0v) is 14.1. The van der Waals surface area contributed by atoms with Crippen LogP contribution in [0.15, 0.2) is 27.7 Å². The molecule has 1 aliphatic rings. The van der Waals surface area contributed by atoms with Crippen molar-refractivity contribution in [2.24, 2.45) is 10.9 Å². The van der Waals surface area contributed by atoms with Gasteiger partial charge in [-0.1, -0.05) is 60.4 Å². The maximum atomic E-state index is 4.65. The summed E-state index contributed by atoms with van der Waals surface area (Å²) < 4.78 is 1.14. The average molecular weight is 341 g/mol. The Hall–Kier alpha value is -0.480. The molecule has 19 heavy (non-hydrogen) atoms. The number of thioether (sulfide) groups is 1. The van der Waals surface area contributed by atoms with Crippen molar-refractivity contribution in [1.82, 2.24) is 0 Å². The number of hydrogen-bond acceptors (Lipinski definition) is 3. The van der Waals surface area contributed by atoms with Crippen molar-refractivity contribution in [3.63, 3.8) is 0 Å². The van der Waals surface area contributed by atoms with E-state index < -0.39 is 0 Å². The molecule has 0 saturated heterocycles. The van der Waals surface area contributed by atoms with Crippen LogP contribution in [0, 0.1) is 12.8 Å². The molecule has 2 nitrogen and oxygen atoms in total. The Balaban J connectivity index is 2.00. The summed E-state index contributed by atoms with van der Waals surface area (Å²) in [5.74, 6) is 0.775. The standard InChI is InChI=1S/C15H21BrN2S/c1-4-11(5-2)14-9-17-15(19-14)18-13-8-6-7-12(16)10(13)3/h6-8,11,14H,4-5,9H2,1-3H3,(H,17,18). The summed E-state index contributed by atoms with van der Waals surface area (Å²) in [5.41, 5.74) is 2.38. The molecule has 104 valence electrons. The van der Waals surface area contributed by atoms with E-state index in [0.29, 0.717) is 5.25 Å². The van der Waals surface area contributed by atoms with Gasteiger partial charge in [-0.25, -0.2) is 0 Å². The van der Waals surface area contributed by atoms with Gasteiger partial charge in [-0.15, -0.1) is 0 Å². The molecule has 0 radical (unpaired) electrons. The molecule has 1 heterocycles. The summed E-state index contributed by atoms with van der Waals surface area (Å²) in [7, 11) is 0. The summed E-state index contributed by atoms with van der Waals surface area (Å²) in [5, 5.41) is 5.18. The van der Waals surface area contributed by atoms with Crippen molar-refractivity contribution in [2.75, 3.05) is 11.9 Å². The van der Waals surface area contributed by atoms with Crippen molar-refractivity contribution < 1.29 is 0 Å². The number of benzene rings is 1. The lowest BCUT2D eigenvalue weighted by atomic mass is 9.99. The second-order valence-electron chi connectivity index (χ2n) is 4.92. The van der Waals surface area contributed by atoms with Gasteiger partial charge in [-0.3, -0.25) is 4.99 Å². The summed E-state index contributed by atoms with van der Waals surface area (Å²) in [6.45, 7) is 7.62. The summed E-state index contributed by atoms with van der Waals surface area (Å²) in [6, 6.07) is 6.22. The van der Waals surface area contributed by atoms with Crippen LogP contribution in [0.4, 0.5) is 5.69 Å². The molecule has 0 fully saturated rings. The Bertz CT molecular complexity index is 469. The quantitative estimate of drug-likeness (QED) is 0.826. The molecule has 0 saturated carbocycles. The predicted molar refractivity (Wildman–Crippen MR) is 90.3 cm³/mol. The third-order valence-corrected chi connectivity index (χ3v) is 5.91. The Morgan fingerprint density at radius 1 is 1.42 bits per heavy atom. The minimum Gasteiger partial charge on any atom is -0.335 e. The number of amidine groups is 1. The molecule has 1 N–H and O–H groups in total. The largest absolute Gasteiger partial charge is 0.335 e. The van der Waals surface area contributed by atoms with Crippen LogP contribution in [0.25, 0.3) is 0 Å². The zero-order valence-electron chi connectivity index (χ0n) is 11.7. The van der Waals surface area contributed by atoms with Gasteiger partial charge in [0, 0.05) is 15.4 Å². The van der Waals surface area contributed by atoms with Gasteiger partial charge in [0.1, 0.15) is 0 Å². The van der Waals surface area contributed by atoms with E-state index in [-0.39, 0.29) is 0 Å². The maximum Gasteiger partial charge on any atom is 0.161 e. The van der Waals surface area contributed by atoms with E-state index in [1.54, 1.807) is 0 Å². The molecule has 0 bridgehead atoms. The number of nitrogens with zero attached hydrogens (tertiary/aromatic N) is 1. The Labute approximate surface area is 128 Å². The van der Waals surface area contributed by atoms with Crippen molar-refractivity contribution in [3.05, 3.63) is 28.2 Å². The predicted octanol–water partition coefficient (Wildman–Crippen LogP) is 5.08. The Morgan fingerprint density at radius 2 is 2.16 bits per heavy atom. The maximum absolute atomic E-state index is 4.65. The van der Waals surface area contributed by atoms with Crippen molar-refractivity contribution in [1.29, 1.82) is 0 Å². The molecule has 0 amide bonds. The normalized spacial score (nSPS) is 18.8. The number of halogens is 1. The molecular formula is C15H21BrN2S. The molecule has 4 heteroatoms. The first-order valence-corrected chi connectivity index (χ1v) is 8.56. The van der Waals surface area contributed by atoms with Crippen LogP contribution in [0.3, 0.4) is 0 Å². The highest BCUT2D eigenvalue weighted by Gasteiger charge is 2.26. The number of nitrogens with one attached hydrogen (secondary N) is 1. The third-order valence-electron chi connectivity index (χ3n) is 3.76. The van der Waals surface area contributed by atoms with Gasteiger partial charge in [0.15, 0.2) is 5.17 Å². The highest BCUT2D eigenvalue weighted by molar-refractivity contribution is 9.10. The van der Waals surface area contributed by atoms with E-state index in [2.05, 4.69) is 65.2 Å². The summed E-state index contributed by atoms with van der Waals surface area (Å²) in [4.78, 5) is 4.65. The number of rotatable bonds is 4. The smallest absolute Gasteiger partial charge is 0.161 e. The highest BCUT2D eigenvalue weighted by Crippen LogP contribution is 2.32. The van der Waals surface area contributed by atoms with E-state index in [4.69, 9.17) is 0 Å². The van der Waals surface area contributed by atoms with E-state index in [1.165, 1.54) is 18.4 Å². The molecule has 1 aromatic carbocycles. The third kappa shape index (κ3) is 3.54. The van der Waals surface area contributed by atoms with Crippen molar-refractivity contribution in [2.45, 2.75) is 38.9 Å². The van der Waals surface area contributed by atoms with Gasteiger partial charge in [0.25, 0.3) is 0 Å². The lowest BCUT2D eigenvalue weighted by Gasteiger charge is -2.18. The molecule has 2 rings (SSSR count). The first-order chi connectivity index (χ1) is 9.15. The second kappa shape index (κ2) is 6.80. The van der Waals surface area contributed by atoms with Gasteiger partial charge >= 0.3 is 0 Å². The van der Waals surface area contributed by atoms with Gasteiger partial charge in [-0.2, -0.15) is 0 Å². The number of hydrogen-bond donors (Lipinski definition) is 1. The van der Waals surface area contributed by atoms with Crippen LogP contribution in [0.2, 0.25) is 0 Å². The summed E-state index contributed by atoms with van der Waals surface area (Å²) >= 11 is 5.47. The van der Waals surface area contributed by atoms with E-state index in [1.807, 2.05) is 11.8 Å². The molecular weight excluding hydrogens is 320 g/mol. The first-order valence-electron chi connectivity index (χ1n) is 6.88. The topological polar surface area (TPSA) is 24.4 Å². The molecule has 1 aromatic rings. The van der Waals surface area contributed by atoms with Crippen LogP contribution < -0.4 is 5.32 Å². The zero-order chi connectivity index (χ0) is 13.8. The van der Waals surface area contributed by atoms with Gasteiger partial charge < -0.3 is 5.32 Å². The Morgan fingerprint density at radius 3 is 2.84 bits per heavy atom. The monoisotopic (exact) mass is 340 g/mol. The summed E-state index contributed by atoms with van der Waals surface area (Å²) in [6.07, 6.45) is 2.49. The van der Waals surface area contributed by atoms with Crippen molar-refractivity contribution >= 4 is 38.5 Å². The van der Waals surface area contributed by atoms with Gasteiger partial charge in [0.2, 0.25) is 0 Å². The minimum absolute atomic E-state index is 0.643. The van der Waals surface area contributed by atoms with Crippen LogP contribution in [0.5, 0.6) is 0 Å². The molecule has 0 spiro atoms. The molecule has 1 aliphatic heterocycles.